The number of nitrogens with zero attached hydrogens (tertiary/aromatic N) is 1. The standard InChI is InChI=1S/C16H24N2O2/c1-11(2)13-7-8-18(10-13)16(20)15(17)9-12-3-5-14(19)6-4-12/h3-6,11,13,15,19H,7-10,17H2,1-2H3/t13?,15-/m0/s1. The second kappa shape index (κ2) is 6.27. The number of carbonyl (C=O) groups is 1. The SMILES string of the molecule is CC(C)C1CCN(C(=O)[C@@H](N)Cc2ccc(O)cc2)C1. The molecule has 4 nitrogen and oxygen atoms in total. The second-order valence-electron chi connectivity index (χ2n) is 6.05. The summed E-state index contributed by atoms with van der Waals surface area (Å²) in [6, 6.07) is 6.37. The Balaban J connectivity index is 1.91. The van der Waals surface area contributed by atoms with Gasteiger partial charge in [-0.15, -0.1) is 0 Å². The van der Waals surface area contributed by atoms with E-state index in [1.165, 1.54) is 0 Å². The summed E-state index contributed by atoms with van der Waals surface area (Å²) in [5.74, 6) is 1.48. The molecule has 1 aromatic carbocycles. The maximum absolute atomic E-state index is 12.3. The fourth-order valence-corrected chi connectivity index (χ4v) is 2.74. The third-order valence-corrected chi connectivity index (χ3v) is 4.19. The number of benzene rings is 1. The van der Waals surface area contributed by atoms with Gasteiger partial charge in [0.15, 0.2) is 0 Å². The van der Waals surface area contributed by atoms with Crippen molar-refractivity contribution in [2.45, 2.75) is 32.7 Å². The van der Waals surface area contributed by atoms with Crippen LogP contribution in [0.2, 0.25) is 0 Å². The quantitative estimate of drug-likeness (QED) is 0.880. The van der Waals surface area contributed by atoms with Crippen molar-refractivity contribution >= 4 is 5.91 Å². The molecule has 1 aliphatic rings. The van der Waals surface area contributed by atoms with E-state index >= 15 is 0 Å². The molecule has 1 heterocycles. The molecule has 0 radical (unpaired) electrons. The summed E-state index contributed by atoms with van der Waals surface area (Å²) in [6.07, 6.45) is 1.59. The second-order valence-corrected chi connectivity index (χ2v) is 6.05. The molecule has 1 fully saturated rings. The smallest absolute Gasteiger partial charge is 0.239 e. The van der Waals surface area contributed by atoms with E-state index in [-0.39, 0.29) is 11.7 Å². The number of hydrogen-bond acceptors (Lipinski definition) is 3. The number of carbonyl (C=O) groups excluding carboxylic acids is 1. The first-order valence-electron chi connectivity index (χ1n) is 7.29. The Bertz CT molecular complexity index is 456. The molecule has 20 heavy (non-hydrogen) atoms. The summed E-state index contributed by atoms with van der Waals surface area (Å²) < 4.78 is 0. The average Bonchev–Trinajstić information content (AvgIpc) is 2.90. The first kappa shape index (κ1) is 14.9. The van der Waals surface area contributed by atoms with E-state index in [1.54, 1.807) is 12.1 Å². The molecule has 0 aromatic heterocycles. The van der Waals surface area contributed by atoms with Crippen LogP contribution in [0.25, 0.3) is 0 Å². The van der Waals surface area contributed by atoms with Crippen LogP contribution in [0.15, 0.2) is 24.3 Å². The number of amides is 1. The highest BCUT2D eigenvalue weighted by atomic mass is 16.3. The zero-order valence-electron chi connectivity index (χ0n) is 12.2. The Labute approximate surface area is 120 Å². The first-order valence-corrected chi connectivity index (χ1v) is 7.29. The summed E-state index contributed by atoms with van der Waals surface area (Å²) in [7, 11) is 0. The van der Waals surface area contributed by atoms with E-state index in [2.05, 4.69) is 13.8 Å². The van der Waals surface area contributed by atoms with Crippen LogP contribution in [0.1, 0.15) is 25.8 Å². The minimum absolute atomic E-state index is 0.0428. The van der Waals surface area contributed by atoms with Crippen molar-refractivity contribution in [1.29, 1.82) is 0 Å². The Morgan fingerprint density at radius 1 is 1.40 bits per heavy atom. The van der Waals surface area contributed by atoms with Crippen molar-refractivity contribution in [3.8, 4) is 5.75 Å². The maximum atomic E-state index is 12.3. The fraction of sp³-hybridized carbons (Fsp3) is 0.562. The Kier molecular flexibility index (Phi) is 4.65. The monoisotopic (exact) mass is 276 g/mol. The van der Waals surface area contributed by atoms with Gasteiger partial charge in [-0.25, -0.2) is 0 Å². The lowest BCUT2D eigenvalue weighted by molar-refractivity contribution is -0.131. The van der Waals surface area contributed by atoms with E-state index in [0.717, 1.165) is 25.1 Å². The van der Waals surface area contributed by atoms with Crippen molar-refractivity contribution in [1.82, 2.24) is 4.90 Å². The third-order valence-electron chi connectivity index (χ3n) is 4.19. The molecular formula is C16H24N2O2. The van der Waals surface area contributed by atoms with Gasteiger partial charge in [0.05, 0.1) is 6.04 Å². The predicted octanol–water partition coefficient (Wildman–Crippen LogP) is 1.77. The Hall–Kier alpha value is -1.55. The van der Waals surface area contributed by atoms with E-state index < -0.39 is 6.04 Å². The zero-order chi connectivity index (χ0) is 14.7. The molecule has 1 aromatic rings. The minimum atomic E-state index is -0.495. The lowest BCUT2D eigenvalue weighted by Crippen LogP contribution is -2.44. The highest BCUT2D eigenvalue weighted by Crippen LogP contribution is 2.24. The molecule has 2 rings (SSSR count). The fourth-order valence-electron chi connectivity index (χ4n) is 2.74. The highest BCUT2D eigenvalue weighted by Gasteiger charge is 2.30. The molecular weight excluding hydrogens is 252 g/mol. The summed E-state index contributed by atoms with van der Waals surface area (Å²) in [5, 5.41) is 9.25. The molecule has 110 valence electrons. The maximum Gasteiger partial charge on any atom is 0.239 e. The predicted molar refractivity (Wildman–Crippen MR) is 79.3 cm³/mol. The van der Waals surface area contributed by atoms with Gasteiger partial charge in [-0.05, 0) is 42.4 Å². The number of rotatable bonds is 4. The van der Waals surface area contributed by atoms with Crippen molar-refractivity contribution in [2.75, 3.05) is 13.1 Å². The zero-order valence-corrected chi connectivity index (χ0v) is 12.2. The van der Waals surface area contributed by atoms with E-state index in [0.29, 0.717) is 18.3 Å². The lowest BCUT2D eigenvalue weighted by atomic mass is 9.95. The van der Waals surface area contributed by atoms with Crippen LogP contribution >= 0.6 is 0 Å². The molecule has 0 aliphatic carbocycles. The molecule has 0 saturated carbocycles. The number of aromatic hydroxyl groups is 1. The summed E-state index contributed by atoms with van der Waals surface area (Å²) in [6.45, 7) is 6.06. The van der Waals surface area contributed by atoms with Crippen molar-refractivity contribution < 1.29 is 9.90 Å². The summed E-state index contributed by atoms with van der Waals surface area (Å²) >= 11 is 0. The van der Waals surface area contributed by atoms with Gasteiger partial charge < -0.3 is 15.7 Å². The third kappa shape index (κ3) is 3.51. The molecule has 0 bridgehead atoms. The van der Waals surface area contributed by atoms with Crippen molar-refractivity contribution in [3.05, 3.63) is 29.8 Å². The molecule has 3 N–H and O–H groups in total. The molecule has 0 spiro atoms. The molecule has 1 unspecified atom stereocenters. The Morgan fingerprint density at radius 2 is 2.05 bits per heavy atom. The number of hydrogen-bond donors (Lipinski definition) is 2. The Morgan fingerprint density at radius 3 is 2.60 bits per heavy atom. The number of phenolic OH excluding ortho intramolecular Hbond substituents is 1. The van der Waals surface area contributed by atoms with Crippen LogP contribution in [0, 0.1) is 11.8 Å². The van der Waals surface area contributed by atoms with Gasteiger partial charge in [0.1, 0.15) is 5.75 Å². The number of likely N-dealkylation sites (tertiary alicyclic amines) is 1. The van der Waals surface area contributed by atoms with Crippen LogP contribution in [-0.2, 0) is 11.2 Å². The van der Waals surface area contributed by atoms with Gasteiger partial charge in [-0.1, -0.05) is 26.0 Å². The number of phenols is 1. The molecule has 2 atom stereocenters. The van der Waals surface area contributed by atoms with Gasteiger partial charge in [-0.3, -0.25) is 4.79 Å². The highest BCUT2D eigenvalue weighted by molar-refractivity contribution is 5.82. The van der Waals surface area contributed by atoms with Crippen LogP contribution in [-0.4, -0.2) is 35.0 Å². The molecule has 4 heteroatoms. The largest absolute Gasteiger partial charge is 0.508 e. The topological polar surface area (TPSA) is 66.6 Å². The van der Waals surface area contributed by atoms with E-state index in [4.69, 9.17) is 5.73 Å². The van der Waals surface area contributed by atoms with Gasteiger partial charge >= 0.3 is 0 Å². The molecule has 1 aliphatic heterocycles. The summed E-state index contributed by atoms with van der Waals surface area (Å²) in [4.78, 5) is 14.2. The van der Waals surface area contributed by atoms with Gasteiger partial charge in [-0.2, -0.15) is 0 Å². The van der Waals surface area contributed by atoms with Crippen LogP contribution in [0.4, 0.5) is 0 Å². The van der Waals surface area contributed by atoms with E-state index in [9.17, 15) is 9.90 Å². The van der Waals surface area contributed by atoms with Crippen molar-refractivity contribution in [2.24, 2.45) is 17.6 Å². The number of nitrogens with two attached hydrogens (primary N) is 1. The van der Waals surface area contributed by atoms with Crippen LogP contribution < -0.4 is 5.73 Å². The normalized spacial score (nSPS) is 20.4. The molecule has 1 saturated heterocycles. The van der Waals surface area contributed by atoms with Gasteiger partial charge in [0.25, 0.3) is 0 Å². The van der Waals surface area contributed by atoms with Crippen molar-refractivity contribution in [3.63, 3.8) is 0 Å². The van der Waals surface area contributed by atoms with Gasteiger partial charge in [0, 0.05) is 13.1 Å². The van der Waals surface area contributed by atoms with Crippen LogP contribution in [0.3, 0.4) is 0 Å². The minimum Gasteiger partial charge on any atom is -0.508 e. The lowest BCUT2D eigenvalue weighted by Gasteiger charge is -2.22. The summed E-state index contributed by atoms with van der Waals surface area (Å²) in [5.41, 5.74) is 7.01. The first-order chi connectivity index (χ1) is 9.47. The van der Waals surface area contributed by atoms with Gasteiger partial charge in [0.2, 0.25) is 5.91 Å². The van der Waals surface area contributed by atoms with Crippen LogP contribution in [0.5, 0.6) is 5.75 Å². The molecule has 1 amide bonds. The average molecular weight is 276 g/mol. The van der Waals surface area contributed by atoms with E-state index in [1.807, 2.05) is 17.0 Å².